The minimum absolute atomic E-state index is 0.0390. The molecule has 1 aliphatic heterocycles. The lowest BCUT2D eigenvalue weighted by atomic mass is 10.2. The summed E-state index contributed by atoms with van der Waals surface area (Å²) in [7, 11) is 0. The summed E-state index contributed by atoms with van der Waals surface area (Å²) in [5, 5.41) is 0. The summed E-state index contributed by atoms with van der Waals surface area (Å²) in [5.41, 5.74) is 0.643. The van der Waals surface area contributed by atoms with Gasteiger partial charge in [0.15, 0.2) is 0 Å². The Balaban J connectivity index is 1.95. The van der Waals surface area contributed by atoms with Gasteiger partial charge in [-0.2, -0.15) is 0 Å². The summed E-state index contributed by atoms with van der Waals surface area (Å²) in [4.78, 5) is 41.1. The SMILES string of the molecule is CCOC(=O)N1CCN(C(=O)CN(C(C)=O)c2ccc(OCC)cc2)CC1. The normalized spacial score (nSPS) is 13.9. The van der Waals surface area contributed by atoms with Gasteiger partial charge in [0.1, 0.15) is 12.3 Å². The first kappa shape index (κ1) is 20.5. The van der Waals surface area contributed by atoms with Gasteiger partial charge in [0.25, 0.3) is 0 Å². The standard InChI is InChI=1S/C19H27N3O5/c1-4-26-17-8-6-16(7-9-17)22(15(3)23)14-18(24)20-10-12-21(13-11-20)19(25)27-5-2/h6-9H,4-5,10-14H2,1-3H3. The molecule has 1 aliphatic rings. The van der Waals surface area contributed by atoms with Crippen molar-refractivity contribution < 1.29 is 23.9 Å². The maximum atomic E-state index is 12.6. The zero-order valence-electron chi connectivity index (χ0n) is 16.1. The molecule has 0 aromatic heterocycles. The second kappa shape index (κ2) is 9.80. The smallest absolute Gasteiger partial charge is 0.409 e. The monoisotopic (exact) mass is 377 g/mol. The van der Waals surface area contributed by atoms with Gasteiger partial charge in [-0.1, -0.05) is 0 Å². The highest BCUT2D eigenvalue weighted by Gasteiger charge is 2.26. The van der Waals surface area contributed by atoms with Crippen molar-refractivity contribution in [3.8, 4) is 5.75 Å². The molecular weight excluding hydrogens is 350 g/mol. The van der Waals surface area contributed by atoms with E-state index in [0.29, 0.717) is 50.8 Å². The van der Waals surface area contributed by atoms with Crippen LogP contribution in [0.4, 0.5) is 10.5 Å². The number of benzene rings is 1. The average Bonchev–Trinajstić information content (AvgIpc) is 2.67. The summed E-state index contributed by atoms with van der Waals surface area (Å²) in [5.74, 6) is 0.353. The van der Waals surface area contributed by atoms with Gasteiger partial charge in [0.05, 0.1) is 13.2 Å². The van der Waals surface area contributed by atoms with Crippen molar-refractivity contribution in [1.29, 1.82) is 0 Å². The van der Waals surface area contributed by atoms with E-state index in [9.17, 15) is 14.4 Å². The van der Waals surface area contributed by atoms with Crippen LogP contribution < -0.4 is 9.64 Å². The first-order valence-corrected chi connectivity index (χ1v) is 9.16. The Hall–Kier alpha value is -2.77. The minimum atomic E-state index is -0.357. The fourth-order valence-corrected chi connectivity index (χ4v) is 2.86. The van der Waals surface area contributed by atoms with Crippen LogP contribution in [0, 0.1) is 0 Å². The van der Waals surface area contributed by atoms with Crippen LogP contribution in [0.2, 0.25) is 0 Å². The van der Waals surface area contributed by atoms with Gasteiger partial charge in [-0.3, -0.25) is 9.59 Å². The molecule has 8 nitrogen and oxygen atoms in total. The molecule has 1 heterocycles. The van der Waals surface area contributed by atoms with Crippen molar-refractivity contribution in [1.82, 2.24) is 9.80 Å². The number of hydrogen-bond donors (Lipinski definition) is 0. The molecule has 0 atom stereocenters. The van der Waals surface area contributed by atoms with Gasteiger partial charge in [-0.15, -0.1) is 0 Å². The molecule has 1 aromatic rings. The third-order valence-corrected chi connectivity index (χ3v) is 4.29. The Kier molecular flexibility index (Phi) is 7.45. The number of carbonyl (C=O) groups excluding carboxylic acids is 3. The van der Waals surface area contributed by atoms with Crippen molar-refractivity contribution in [2.75, 3.05) is 50.8 Å². The number of rotatable bonds is 6. The molecule has 0 N–H and O–H groups in total. The highest BCUT2D eigenvalue weighted by molar-refractivity contribution is 5.97. The number of ether oxygens (including phenoxy) is 2. The van der Waals surface area contributed by atoms with Gasteiger partial charge in [0.2, 0.25) is 11.8 Å². The Labute approximate surface area is 159 Å². The molecule has 0 saturated carbocycles. The molecule has 0 aliphatic carbocycles. The minimum Gasteiger partial charge on any atom is -0.494 e. The molecule has 0 bridgehead atoms. The summed E-state index contributed by atoms with van der Waals surface area (Å²) in [6, 6.07) is 7.07. The molecule has 27 heavy (non-hydrogen) atoms. The van der Waals surface area contributed by atoms with Crippen LogP contribution in [0.3, 0.4) is 0 Å². The van der Waals surface area contributed by atoms with E-state index in [0.717, 1.165) is 0 Å². The second-order valence-electron chi connectivity index (χ2n) is 6.10. The predicted octanol–water partition coefficient (Wildman–Crippen LogP) is 1.74. The number of anilines is 1. The zero-order valence-corrected chi connectivity index (χ0v) is 16.1. The van der Waals surface area contributed by atoms with E-state index in [2.05, 4.69) is 0 Å². The number of nitrogens with zero attached hydrogens (tertiary/aromatic N) is 3. The summed E-state index contributed by atoms with van der Waals surface area (Å²) in [6.07, 6.45) is -0.357. The summed E-state index contributed by atoms with van der Waals surface area (Å²) >= 11 is 0. The van der Waals surface area contributed by atoms with Crippen LogP contribution in [0.15, 0.2) is 24.3 Å². The molecule has 148 valence electrons. The molecule has 0 spiro atoms. The van der Waals surface area contributed by atoms with E-state index >= 15 is 0 Å². The largest absolute Gasteiger partial charge is 0.494 e. The first-order chi connectivity index (χ1) is 13.0. The van der Waals surface area contributed by atoms with Gasteiger partial charge in [-0.05, 0) is 38.1 Å². The van der Waals surface area contributed by atoms with E-state index in [4.69, 9.17) is 9.47 Å². The highest BCUT2D eigenvalue weighted by Crippen LogP contribution is 2.20. The third kappa shape index (κ3) is 5.60. The van der Waals surface area contributed by atoms with Gasteiger partial charge < -0.3 is 24.2 Å². The molecule has 1 fully saturated rings. The molecule has 2 rings (SSSR count). The number of amides is 3. The van der Waals surface area contributed by atoms with Gasteiger partial charge >= 0.3 is 6.09 Å². The van der Waals surface area contributed by atoms with E-state index in [1.807, 2.05) is 6.92 Å². The molecular formula is C19H27N3O5. The molecule has 1 aromatic carbocycles. The summed E-state index contributed by atoms with van der Waals surface area (Å²) in [6.45, 7) is 7.64. The molecule has 8 heteroatoms. The van der Waals surface area contributed by atoms with Crippen LogP contribution in [0.5, 0.6) is 5.75 Å². The number of piperazine rings is 1. The Morgan fingerprint density at radius 3 is 2.07 bits per heavy atom. The van der Waals surface area contributed by atoms with Gasteiger partial charge in [-0.25, -0.2) is 4.79 Å². The third-order valence-electron chi connectivity index (χ3n) is 4.29. The predicted molar refractivity (Wildman–Crippen MR) is 101 cm³/mol. The van der Waals surface area contributed by atoms with Crippen LogP contribution in [0.25, 0.3) is 0 Å². The van der Waals surface area contributed by atoms with Crippen molar-refractivity contribution in [2.24, 2.45) is 0 Å². The van der Waals surface area contributed by atoms with Crippen molar-refractivity contribution in [2.45, 2.75) is 20.8 Å². The molecule has 0 unspecified atom stereocenters. The Morgan fingerprint density at radius 2 is 1.56 bits per heavy atom. The van der Waals surface area contributed by atoms with Crippen LogP contribution in [0.1, 0.15) is 20.8 Å². The van der Waals surface area contributed by atoms with E-state index in [1.54, 1.807) is 41.0 Å². The lowest BCUT2D eigenvalue weighted by Gasteiger charge is -2.35. The van der Waals surface area contributed by atoms with E-state index < -0.39 is 0 Å². The zero-order chi connectivity index (χ0) is 19.8. The van der Waals surface area contributed by atoms with Crippen LogP contribution in [-0.4, -0.2) is 73.6 Å². The molecule has 1 saturated heterocycles. The van der Waals surface area contributed by atoms with Gasteiger partial charge in [0, 0.05) is 38.8 Å². The second-order valence-corrected chi connectivity index (χ2v) is 6.10. The Bertz CT molecular complexity index is 654. The number of hydrogen-bond acceptors (Lipinski definition) is 5. The van der Waals surface area contributed by atoms with Crippen molar-refractivity contribution >= 4 is 23.6 Å². The van der Waals surface area contributed by atoms with Crippen molar-refractivity contribution in [3.63, 3.8) is 0 Å². The summed E-state index contributed by atoms with van der Waals surface area (Å²) < 4.78 is 10.4. The first-order valence-electron chi connectivity index (χ1n) is 9.16. The molecule has 0 radical (unpaired) electrons. The van der Waals surface area contributed by atoms with E-state index in [-0.39, 0.29) is 24.5 Å². The Morgan fingerprint density at radius 1 is 0.963 bits per heavy atom. The molecule has 3 amide bonds. The van der Waals surface area contributed by atoms with Crippen molar-refractivity contribution in [3.05, 3.63) is 24.3 Å². The fourth-order valence-electron chi connectivity index (χ4n) is 2.86. The lowest BCUT2D eigenvalue weighted by Crippen LogP contribution is -2.53. The van der Waals surface area contributed by atoms with Crippen LogP contribution >= 0.6 is 0 Å². The maximum absolute atomic E-state index is 12.6. The maximum Gasteiger partial charge on any atom is 0.409 e. The topological polar surface area (TPSA) is 79.4 Å². The quantitative estimate of drug-likeness (QED) is 0.754. The number of carbonyl (C=O) groups is 3. The van der Waals surface area contributed by atoms with E-state index in [1.165, 1.54) is 11.8 Å². The highest BCUT2D eigenvalue weighted by atomic mass is 16.6. The average molecular weight is 377 g/mol. The lowest BCUT2D eigenvalue weighted by molar-refractivity contribution is -0.132. The fraction of sp³-hybridized carbons (Fsp3) is 0.526. The van der Waals surface area contributed by atoms with Crippen LogP contribution in [-0.2, 0) is 14.3 Å².